The number of anilines is 2. The van der Waals surface area contributed by atoms with Crippen LogP contribution < -0.4 is 10.6 Å². The van der Waals surface area contributed by atoms with Gasteiger partial charge in [0.2, 0.25) is 0 Å². The van der Waals surface area contributed by atoms with Gasteiger partial charge in [-0.15, -0.1) is 0 Å². The minimum atomic E-state index is 0.979. The lowest BCUT2D eigenvalue weighted by molar-refractivity contribution is 1.33. The van der Waals surface area contributed by atoms with Crippen LogP contribution in [0.15, 0.2) is 60.4 Å². The van der Waals surface area contributed by atoms with Gasteiger partial charge in [0, 0.05) is 11.4 Å². The van der Waals surface area contributed by atoms with E-state index in [1.54, 1.807) is 0 Å². The molecular formula is C17H20N2. The van der Waals surface area contributed by atoms with Crippen LogP contribution in [0, 0.1) is 13.8 Å². The molecule has 2 aromatic carbocycles. The second kappa shape index (κ2) is 6.10. The van der Waals surface area contributed by atoms with Crippen molar-refractivity contribution in [3.8, 4) is 0 Å². The Bertz CT molecular complexity index is 501. The van der Waals surface area contributed by atoms with Crippen LogP contribution in [0.2, 0.25) is 0 Å². The highest BCUT2D eigenvalue weighted by molar-refractivity contribution is 5.56. The van der Waals surface area contributed by atoms with Crippen molar-refractivity contribution in [1.82, 2.24) is 0 Å². The topological polar surface area (TPSA) is 24.1 Å². The third-order valence-electron chi connectivity index (χ3n) is 2.95. The summed E-state index contributed by atoms with van der Waals surface area (Å²) in [5.41, 5.74) is 4.69. The maximum atomic E-state index is 3.37. The molecule has 0 radical (unpaired) electrons. The standard InChI is InChI=1S/C17H20N2/c1-4-17(18-15-9-5-13(2)6-10-15)19-16-11-7-14(3)8-12-16/h4-12,18-19H,1-3H3. The van der Waals surface area contributed by atoms with Gasteiger partial charge < -0.3 is 10.6 Å². The monoisotopic (exact) mass is 252 g/mol. The van der Waals surface area contributed by atoms with Crippen LogP contribution in [0.5, 0.6) is 0 Å². The average Bonchev–Trinajstić information content (AvgIpc) is 2.43. The maximum Gasteiger partial charge on any atom is 0.103 e. The molecule has 0 unspecified atom stereocenters. The molecule has 2 N–H and O–H groups in total. The van der Waals surface area contributed by atoms with E-state index < -0.39 is 0 Å². The summed E-state index contributed by atoms with van der Waals surface area (Å²) in [5, 5.41) is 6.74. The van der Waals surface area contributed by atoms with Crippen LogP contribution in [0.4, 0.5) is 11.4 Å². The van der Waals surface area contributed by atoms with Gasteiger partial charge in [0.15, 0.2) is 0 Å². The van der Waals surface area contributed by atoms with Gasteiger partial charge in [-0.25, -0.2) is 0 Å². The number of rotatable bonds is 4. The zero-order valence-electron chi connectivity index (χ0n) is 11.7. The fraction of sp³-hybridized carbons (Fsp3) is 0.176. The van der Waals surface area contributed by atoms with Crippen molar-refractivity contribution in [2.75, 3.05) is 10.6 Å². The molecule has 98 valence electrons. The Balaban J connectivity index is 2.05. The molecule has 0 aliphatic carbocycles. The van der Waals surface area contributed by atoms with E-state index in [2.05, 4.69) is 73.0 Å². The Hall–Kier alpha value is -2.22. The van der Waals surface area contributed by atoms with Gasteiger partial charge in [-0.05, 0) is 51.1 Å². The highest BCUT2D eigenvalue weighted by Crippen LogP contribution is 2.15. The zero-order chi connectivity index (χ0) is 13.7. The zero-order valence-corrected chi connectivity index (χ0v) is 11.7. The van der Waals surface area contributed by atoms with Crippen LogP contribution in [-0.2, 0) is 0 Å². The summed E-state index contributed by atoms with van der Waals surface area (Å²) in [5.74, 6) is 0.979. The summed E-state index contributed by atoms with van der Waals surface area (Å²) in [6.07, 6.45) is 2.03. The van der Waals surface area contributed by atoms with Crippen molar-refractivity contribution in [3.63, 3.8) is 0 Å². The average molecular weight is 252 g/mol. The highest BCUT2D eigenvalue weighted by Gasteiger charge is 1.98. The fourth-order valence-corrected chi connectivity index (χ4v) is 1.76. The van der Waals surface area contributed by atoms with Crippen molar-refractivity contribution in [1.29, 1.82) is 0 Å². The number of allylic oxidation sites excluding steroid dienone is 1. The Morgan fingerprint density at radius 3 is 1.42 bits per heavy atom. The molecular weight excluding hydrogens is 232 g/mol. The summed E-state index contributed by atoms with van der Waals surface area (Å²) >= 11 is 0. The SMILES string of the molecule is CC=C(Nc1ccc(C)cc1)Nc1ccc(C)cc1. The molecule has 2 aromatic rings. The Morgan fingerprint density at radius 2 is 1.11 bits per heavy atom. The molecule has 0 saturated heterocycles. The summed E-state index contributed by atoms with van der Waals surface area (Å²) in [4.78, 5) is 0. The van der Waals surface area contributed by atoms with Crippen LogP contribution in [0.25, 0.3) is 0 Å². The van der Waals surface area contributed by atoms with Crippen molar-refractivity contribution in [2.45, 2.75) is 20.8 Å². The number of hydrogen-bond donors (Lipinski definition) is 2. The predicted octanol–water partition coefficient (Wildman–Crippen LogP) is 4.69. The van der Waals surface area contributed by atoms with Gasteiger partial charge in [-0.1, -0.05) is 35.4 Å². The van der Waals surface area contributed by atoms with Gasteiger partial charge in [0.25, 0.3) is 0 Å². The molecule has 19 heavy (non-hydrogen) atoms. The number of aryl methyl sites for hydroxylation is 2. The molecule has 2 nitrogen and oxygen atoms in total. The molecule has 2 heteroatoms. The lowest BCUT2D eigenvalue weighted by Gasteiger charge is -2.13. The molecule has 0 aliphatic heterocycles. The molecule has 0 amide bonds. The first-order chi connectivity index (χ1) is 9.17. The molecule has 0 spiro atoms. The first-order valence-electron chi connectivity index (χ1n) is 6.51. The Morgan fingerprint density at radius 1 is 0.737 bits per heavy atom. The maximum absolute atomic E-state index is 3.37. The van der Waals surface area contributed by atoms with Crippen molar-refractivity contribution < 1.29 is 0 Å². The van der Waals surface area contributed by atoms with Crippen molar-refractivity contribution in [2.24, 2.45) is 0 Å². The lowest BCUT2D eigenvalue weighted by Crippen LogP contribution is -2.09. The second-order valence-corrected chi connectivity index (χ2v) is 4.68. The second-order valence-electron chi connectivity index (χ2n) is 4.68. The molecule has 0 atom stereocenters. The molecule has 0 fully saturated rings. The van der Waals surface area contributed by atoms with Gasteiger partial charge in [-0.3, -0.25) is 0 Å². The smallest absolute Gasteiger partial charge is 0.103 e. The Kier molecular flexibility index (Phi) is 4.24. The minimum absolute atomic E-state index is 0.979. The van der Waals surface area contributed by atoms with Crippen molar-refractivity contribution in [3.05, 3.63) is 71.6 Å². The van der Waals surface area contributed by atoms with Crippen LogP contribution in [0.1, 0.15) is 18.1 Å². The molecule has 0 heterocycles. The first kappa shape index (κ1) is 13.2. The van der Waals surface area contributed by atoms with Gasteiger partial charge in [0.05, 0.1) is 0 Å². The van der Waals surface area contributed by atoms with E-state index >= 15 is 0 Å². The summed E-state index contributed by atoms with van der Waals surface area (Å²) in [6.45, 7) is 6.19. The van der Waals surface area contributed by atoms with Crippen LogP contribution >= 0.6 is 0 Å². The third kappa shape index (κ3) is 3.88. The normalized spacial score (nSPS) is 9.84. The van der Waals surface area contributed by atoms with E-state index in [1.807, 2.05) is 13.0 Å². The lowest BCUT2D eigenvalue weighted by atomic mass is 10.2. The molecule has 0 aliphatic rings. The van der Waals surface area contributed by atoms with E-state index in [-0.39, 0.29) is 0 Å². The van der Waals surface area contributed by atoms with Gasteiger partial charge >= 0.3 is 0 Å². The largest absolute Gasteiger partial charge is 0.342 e. The van der Waals surface area contributed by atoms with Gasteiger partial charge in [-0.2, -0.15) is 0 Å². The van der Waals surface area contributed by atoms with E-state index in [9.17, 15) is 0 Å². The predicted molar refractivity (Wildman–Crippen MR) is 83.4 cm³/mol. The van der Waals surface area contributed by atoms with Crippen LogP contribution in [0.3, 0.4) is 0 Å². The van der Waals surface area contributed by atoms with E-state index in [0.717, 1.165) is 17.2 Å². The first-order valence-corrected chi connectivity index (χ1v) is 6.51. The number of benzene rings is 2. The van der Waals surface area contributed by atoms with Crippen LogP contribution in [-0.4, -0.2) is 0 Å². The number of hydrogen-bond acceptors (Lipinski definition) is 2. The van der Waals surface area contributed by atoms with E-state index in [4.69, 9.17) is 0 Å². The Labute approximate surface area is 115 Å². The molecule has 0 saturated carbocycles. The molecule has 2 rings (SSSR count). The van der Waals surface area contributed by atoms with Crippen molar-refractivity contribution >= 4 is 11.4 Å². The quantitative estimate of drug-likeness (QED) is 0.825. The fourth-order valence-electron chi connectivity index (χ4n) is 1.76. The summed E-state index contributed by atoms with van der Waals surface area (Å²) in [7, 11) is 0. The van der Waals surface area contributed by atoms with E-state index in [0.29, 0.717) is 0 Å². The highest BCUT2D eigenvalue weighted by atomic mass is 15.1. The number of nitrogens with one attached hydrogen (secondary N) is 2. The summed E-state index contributed by atoms with van der Waals surface area (Å²) < 4.78 is 0. The summed E-state index contributed by atoms with van der Waals surface area (Å²) in [6, 6.07) is 16.7. The van der Waals surface area contributed by atoms with Gasteiger partial charge in [0.1, 0.15) is 5.82 Å². The molecule has 0 aromatic heterocycles. The molecule has 0 bridgehead atoms. The van der Waals surface area contributed by atoms with E-state index in [1.165, 1.54) is 11.1 Å². The minimum Gasteiger partial charge on any atom is -0.342 e. The third-order valence-corrected chi connectivity index (χ3v) is 2.95.